The quantitative estimate of drug-likeness (QED) is 0.548. The molecule has 0 spiro atoms. The van der Waals surface area contributed by atoms with E-state index in [1.165, 1.54) is 38.8 Å². The van der Waals surface area contributed by atoms with Gasteiger partial charge in [-0.2, -0.15) is 0 Å². The first kappa shape index (κ1) is 12.5. The maximum absolute atomic E-state index is 3.34. The van der Waals surface area contributed by atoms with Crippen LogP contribution < -0.4 is 5.32 Å². The molecule has 1 unspecified atom stereocenters. The summed E-state index contributed by atoms with van der Waals surface area (Å²) in [4.78, 5) is 2.62. The fraction of sp³-hybridized carbons (Fsp3) is 0.846. The lowest BCUT2D eigenvalue weighted by molar-refractivity contribution is 0.159. The predicted octanol–water partition coefficient (Wildman–Crippen LogP) is 1.86. The summed E-state index contributed by atoms with van der Waals surface area (Å²) < 4.78 is 0. The van der Waals surface area contributed by atoms with Crippen LogP contribution in [-0.2, 0) is 0 Å². The number of rotatable bonds is 5. The molecule has 1 rings (SSSR count). The zero-order valence-electron chi connectivity index (χ0n) is 10.2. The Morgan fingerprint density at radius 2 is 2.27 bits per heavy atom. The summed E-state index contributed by atoms with van der Waals surface area (Å²) in [6.07, 6.45) is 5.44. The highest BCUT2D eigenvalue weighted by molar-refractivity contribution is 4.96. The largest absolute Gasteiger partial charge is 0.306 e. The molecule has 2 heteroatoms. The highest BCUT2D eigenvalue weighted by Crippen LogP contribution is 2.15. The second-order valence-electron chi connectivity index (χ2n) is 4.34. The second-order valence-corrected chi connectivity index (χ2v) is 4.34. The smallest absolute Gasteiger partial charge is 0.0576 e. The highest BCUT2D eigenvalue weighted by Gasteiger charge is 2.16. The molecule has 2 nitrogen and oxygen atoms in total. The van der Waals surface area contributed by atoms with Gasteiger partial charge in [0, 0.05) is 6.04 Å². The first-order valence-corrected chi connectivity index (χ1v) is 6.19. The van der Waals surface area contributed by atoms with E-state index >= 15 is 0 Å². The van der Waals surface area contributed by atoms with Crippen LogP contribution in [0.15, 0.2) is 0 Å². The molecule has 86 valence electrons. The number of hydrogen-bond acceptors (Lipinski definition) is 2. The molecule has 1 saturated heterocycles. The lowest BCUT2D eigenvalue weighted by atomic mass is 10.0. The maximum Gasteiger partial charge on any atom is 0.0576 e. The number of likely N-dealkylation sites (tertiary alicyclic amines) is 1. The number of hydrogen-bond donors (Lipinski definition) is 1. The highest BCUT2D eigenvalue weighted by atomic mass is 15.2. The van der Waals surface area contributed by atoms with E-state index in [1.807, 2.05) is 6.92 Å². The topological polar surface area (TPSA) is 15.3 Å². The zero-order valence-corrected chi connectivity index (χ0v) is 10.2. The molecule has 0 amide bonds. The van der Waals surface area contributed by atoms with Crippen molar-refractivity contribution in [2.45, 2.75) is 45.6 Å². The van der Waals surface area contributed by atoms with Gasteiger partial charge in [-0.25, -0.2) is 0 Å². The van der Waals surface area contributed by atoms with Crippen molar-refractivity contribution in [3.05, 3.63) is 0 Å². The summed E-state index contributed by atoms with van der Waals surface area (Å²) in [5, 5.41) is 3.34. The van der Waals surface area contributed by atoms with Crippen LogP contribution in [0.4, 0.5) is 0 Å². The zero-order chi connectivity index (χ0) is 10.9. The van der Waals surface area contributed by atoms with Crippen LogP contribution in [0.25, 0.3) is 0 Å². The van der Waals surface area contributed by atoms with Crippen LogP contribution in [0.3, 0.4) is 0 Å². The van der Waals surface area contributed by atoms with Crippen LogP contribution in [0, 0.1) is 11.8 Å². The summed E-state index contributed by atoms with van der Waals surface area (Å²) in [6.45, 7) is 8.72. The average molecular weight is 208 g/mol. The fourth-order valence-electron chi connectivity index (χ4n) is 2.14. The fourth-order valence-corrected chi connectivity index (χ4v) is 2.14. The molecular weight excluding hydrogens is 184 g/mol. The Balaban J connectivity index is 2.00. The second kappa shape index (κ2) is 7.73. The molecule has 0 aromatic heterocycles. The third kappa shape index (κ3) is 5.20. The first-order chi connectivity index (χ1) is 7.34. The average Bonchev–Trinajstić information content (AvgIpc) is 2.25. The van der Waals surface area contributed by atoms with E-state index in [0.717, 1.165) is 19.1 Å². The van der Waals surface area contributed by atoms with Gasteiger partial charge in [0.1, 0.15) is 0 Å². The molecule has 1 fully saturated rings. The van der Waals surface area contributed by atoms with Crippen molar-refractivity contribution >= 4 is 0 Å². The molecule has 1 aliphatic heterocycles. The Hall–Kier alpha value is -0.520. The molecule has 0 radical (unpaired) electrons. The Bertz CT molecular complexity index is 214. The standard InChI is InChI=1S/C13H24N2/c1-3-4-9-14-10-7-12-15-11-6-5-8-13(15)2/h13-14H,5-12H2,1-2H3. The van der Waals surface area contributed by atoms with Gasteiger partial charge in [0.2, 0.25) is 0 Å². The molecule has 0 aliphatic carbocycles. The summed E-state index contributed by atoms with van der Waals surface area (Å²) in [5.74, 6) is 5.91. The normalized spacial score (nSPS) is 22.1. The molecule has 0 aromatic carbocycles. The molecule has 0 bridgehead atoms. The minimum absolute atomic E-state index is 0.800. The summed E-state index contributed by atoms with van der Waals surface area (Å²) in [5.41, 5.74) is 0. The SMILES string of the molecule is CC#CCNCCCN1CCCCC1C. The minimum atomic E-state index is 0.800. The van der Waals surface area contributed by atoms with Gasteiger partial charge >= 0.3 is 0 Å². The van der Waals surface area contributed by atoms with Crippen molar-refractivity contribution in [2.75, 3.05) is 26.2 Å². The van der Waals surface area contributed by atoms with Gasteiger partial charge in [-0.05, 0) is 52.7 Å². The van der Waals surface area contributed by atoms with Gasteiger partial charge in [0.05, 0.1) is 6.54 Å². The van der Waals surface area contributed by atoms with E-state index in [0.29, 0.717) is 0 Å². The van der Waals surface area contributed by atoms with Gasteiger partial charge in [0.25, 0.3) is 0 Å². The van der Waals surface area contributed by atoms with Crippen LogP contribution in [0.1, 0.15) is 39.5 Å². The number of nitrogens with one attached hydrogen (secondary N) is 1. The lowest BCUT2D eigenvalue weighted by Crippen LogP contribution is -2.38. The van der Waals surface area contributed by atoms with Crippen molar-refractivity contribution in [1.82, 2.24) is 10.2 Å². The van der Waals surface area contributed by atoms with Crippen molar-refractivity contribution in [3.63, 3.8) is 0 Å². The van der Waals surface area contributed by atoms with E-state index in [-0.39, 0.29) is 0 Å². The number of nitrogens with zero attached hydrogens (tertiary/aromatic N) is 1. The summed E-state index contributed by atoms with van der Waals surface area (Å²) in [7, 11) is 0. The predicted molar refractivity (Wildman–Crippen MR) is 65.8 cm³/mol. The van der Waals surface area contributed by atoms with E-state index < -0.39 is 0 Å². The van der Waals surface area contributed by atoms with Gasteiger partial charge in [-0.15, -0.1) is 5.92 Å². The lowest BCUT2D eigenvalue weighted by Gasteiger charge is -2.33. The summed E-state index contributed by atoms with van der Waals surface area (Å²) >= 11 is 0. The summed E-state index contributed by atoms with van der Waals surface area (Å²) in [6, 6.07) is 0.800. The Labute approximate surface area is 94.4 Å². The van der Waals surface area contributed by atoms with Gasteiger partial charge in [0.15, 0.2) is 0 Å². The van der Waals surface area contributed by atoms with Gasteiger partial charge < -0.3 is 10.2 Å². The number of piperidine rings is 1. The molecule has 0 aromatic rings. The Morgan fingerprint density at radius 1 is 1.40 bits per heavy atom. The van der Waals surface area contributed by atoms with E-state index in [9.17, 15) is 0 Å². The van der Waals surface area contributed by atoms with Gasteiger partial charge in [-0.1, -0.05) is 12.3 Å². The Morgan fingerprint density at radius 3 is 3.00 bits per heavy atom. The molecular formula is C13H24N2. The van der Waals surface area contributed by atoms with Crippen molar-refractivity contribution in [2.24, 2.45) is 0 Å². The molecule has 15 heavy (non-hydrogen) atoms. The van der Waals surface area contributed by atoms with Crippen LogP contribution >= 0.6 is 0 Å². The van der Waals surface area contributed by atoms with E-state index in [4.69, 9.17) is 0 Å². The monoisotopic (exact) mass is 208 g/mol. The van der Waals surface area contributed by atoms with Crippen LogP contribution in [-0.4, -0.2) is 37.1 Å². The van der Waals surface area contributed by atoms with Crippen molar-refractivity contribution < 1.29 is 0 Å². The van der Waals surface area contributed by atoms with Crippen LogP contribution in [0.2, 0.25) is 0 Å². The third-order valence-electron chi connectivity index (χ3n) is 3.13. The molecule has 0 saturated carbocycles. The van der Waals surface area contributed by atoms with Crippen molar-refractivity contribution in [3.8, 4) is 11.8 Å². The minimum Gasteiger partial charge on any atom is -0.306 e. The van der Waals surface area contributed by atoms with E-state index in [2.05, 4.69) is 29.0 Å². The first-order valence-electron chi connectivity index (χ1n) is 6.19. The molecule has 1 N–H and O–H groups in total. The van der Waals surface area contributed by atoms with E-state index in [1.54, 1.807) is 0 Å². The molecule has 1 atom stereocenters. The molecule has 1 heterocycles. The maximum atomic E-state index is 3.34. The van der Waals surface area contributed by atoms with Crippen LogP contribution in [0.5, 0.6) is 0 Å². The molecule has 1 aliphatic rings. The van der Waals surface area contributed by atoms with Gasteiger partial charge in [-0.3, -0.25) is 0 Å². The third-order valence-corrected chi connectivity index (χ3v) is 3.13. The Kier molecular flexibility index (Phi) is 6.47. The van der Waals surface area contributed by atoms with Crippen molar-refractivity contribution in [1.29, 1.82) is 0 Å².